The van der Waals surface area contributed by atoms with Crippen LogP contribution >= 0.6 is 0 Å². The Morgan fingerprint density at radius 2 is 2.12 bits per heavy atom. The molecule has 2 rings (SSSR count). The summed E-state index contributed by atoms with van der Waals surface area (Å²) in [5.41, 5.74) is -0.526. The summed E-state index contributed by atoms with van der Waals surface area (Å²) in [4.78, 5) is 15.8. The third kappa shape index (κ3) is 5.76. The van der Waals surface area contributed by atoms with Crippen LogP contribution in [0.5, 0.6) is 0 Å². The first-order chi connectivity index (χ1) is 11.2. The van der Waals surface area contributed by atoms with Crippen molar-refractivity contribution in [3.63, 3.8) is 0 Å². The van der Waals surface area contributed by atoms with Gasteiger partial charge >= 0.3 is 6.09 Å². The van der Waals surface area contributed by atoms with Gasteiger partial charge in [-0.25, -0.2) is 17.9 Å². The third-order valence-corrected chi connectivity index (χ3v) is 5.18. The van der Waals surface area contributed by atoms with Crippen LogP contribution in [-0.2, 0) is 14.8 Å². The van der Waals surface area contributed by atoms with E-state index in [-0.39, 0.29) is 16.9 Å². The second-order valence-electron chi connectivity index (χ2n) is 7.06. The van der Waals surface area contributed by atoms with Crippen molar-refractivity contribution in [2.75, 3.05) is 6.54 Å². The van der Waals surface area contributed by atoms with Crippen molar-refractivity contribution in [3.05, 3.63) is 24.5 Å². The molecule has 1 saturated carbocycles. The number of carbonyl (C=O) groups excluding carboxylic acids is 1. The minimum Gasteiger partial charge on any atom is -0.444 e. The number of alkyl carbamates (subject to hydrolysis) is 1. The minimum atomic E-state index is -3.54. The fraction of sp³-hybridized carbons (Fsp3) is 0.625. The van der Waals surface area contributed by atoms with Crippen LogP contribution in [0, 0.1) is 5.92 Å². The fourth-order valence-electron chi connectivity index (χ4n) is 2.68. The molecule has 1 amide bonds. The summed E-state index contributed by atoms with van der Waals surface area (Å²) in [6, 6.07) is 3.12. The molecule has 1 fully saturated rings. The lowest BCUT2D eigenvalue weighted by atomic mass is 10.1. The number of amides is 1. The van der Waals surface area contributed by atoms with Gasteiger partial charge in [-0.2, -0.15) is 0 Å². The molecule has 0 bridgehead atoms. The number of carbonyl (C=O) groups is 1. The lowest BCUT2D eigenvalue weighted by Crippen LogP contribution is -2.38. The van der Waals surface area contributed by atoms with E-state index < -0.39 is 21.7 Å². The number of rotatable bonds is 5. The maximum atomic E-state index is 12.2. The summed E-state index contributed by atoms with van der Waals surface area (Å²) in [6.07, 6.45) is 4.83. The van der Waals surface area contributed by atoms with Crippen molar-refractivity contribution >= 4 is 16.1 Å². The quantitative estimate of drug-likeness (QED) is 0.842. The summed E-state index contributed by atoms with van der Waals surface area (Å²) in [5.74, 6) is 0.191. The fourth-order valence-corrected chi connectivity index (χ4v) is 3.76. The zero-order chi connectivity index (χ0) is 17.8. The molecule has 24 heavy (non-hydrogen) atoms. The van der Waals surface area contributed by atoms with E-state index in [2.05, 4.69) is 15.0 Å². The maximum absolute atomic E-state index is 12.2. The van der Waals surface area contributed by atoms with Crippen molar-refractivity contribution in [1.29, 1.82) is 0 Å². The topological polar surface area (TPSA) is 97.4 Å². The molecule has 0 saturated heterocycles. The van der Waals surface area contributed by atoms with E-state index in [0.29, 0.717) is 6.54 Å². The molecule has 0 spiro atoms. The molecule has 0 radical (unpaired) electrons. The van der Waals surface area contributed by atoms with Gasteiger partial charge < -0.3 is 10.1 Å². The van der Waals surface area contributed by atoms with Gasteiger partial charge in [-0.1, -0.05) is 0 Å². The second-order valence-corrected chi connectivity index (χ2v) is 8.83. The Morgan fingerprint density at radius 1 is 1.38 bits per heavy atom. The molecule has 1 aromatic heterocycles. The van der Waals surface area contributed by atoms with Gasteiger partial charge in [0.05, 0.1) is 0 Å². The first kappa shape index (κ1) is 18.7. The monoisotopic (exact) mass is 355 g/mol. The van der Waals surface area contributed by atoms with Crippen LogP contribution in [-0.4, -0.2) is 37.7 Å². The van der Waals surface area contributed by atoms with Gasteiger partial charge in [0.15, 0.2) is 0 Å². The van der Waals surface area contributed by atoms with E-state index in [4.69, 9.17) is 4.74 Å². The Bertz CT molecular complexity index is 656. The molecule has 7 nitrogen and oxygen atoms in total. The van der Waals surface area contributed by atoms with Gasteiger partial charge in [0.2, 0.25) is 10.0 Å². The summed E-state index contributed by atoms with van der Waals surface area (Å²) in [6.45, 7) is 5.80. The number of hydrogen-bond donors (Lipinski definition) is 2. The first-order valence-electron chi connectivity index (χ1n) is 8.05. The van der Waals surface area contributed by atoms with E-state index in [0.717, 1.165) is 19.3 Å². The first-order valence-corrected chi connectivity index (χ1v) is 9.53. The minimum absolute atomic E-state index is 0.0211. The number of ether oxygens (including phenoxy) is 1. The predicted octanol–water partition coefficient (Wildman–Crippen LogP) is 2.05. The summed E-state index contributed by atoms with van der Waals surface area (Å²) < 4.78 is 32.2. The highest BCUT2D eigenvalue weighted by Crippen LogP contribution is 2.25. The molecule has 1 aromatic rings. The van der Waals surface area contributed by atoms with Crippen LogP contribution in [0.25, 0.3) is 0 Å². The molecule has 0 aliphatic heterocycles. The van der Waals surface area contributed by atoms with Crippen LogP contribution in [0.3, 0.4) is 0 Å². The van der Waals surface area contributed by atoms with Gasteiger partial charge in [-0.05, 0) is 58.1 Å². The zero-order valence-electron chi connectivity index (χ0n) is 14.3. The molecule has 8 heteroatoms. The van der Waals surface area contributed by atoms with Crippen LogP contribution in [0.15, 0.2) is 29.4 Å². The van der Waals surface area contributed by atoms with Crippen LogP contribution in [0.2, 0.25) is 0 Å². The lowest BCUT2D eigenvalue weighted by molar-refractivity contribution is 0.0504. The molecule has 1 aliphatic carbocycles. The third-order valence-electron chi connectivity index (χ3n) is 3.77. The molecule has 1 heterocycles. The largest absolute Gasteiger partial charge is 0.444 e. The summed E-state index contributed by atoms with van der Waals surface area (Å²) >= 11 is 0. The van der Waals surface area contributed by atoms with Gasteiger partial charge in [0, 0.05) is 25.0 Å². The zero-order valence-corrected chi connectivity index (χ0v) is 15.1. The Morgan fingerprint density at radius 3 is 2.75 bits per heavy atom. The number of aromatic nitrogens is 1. The number of pyridine rings is 1. The van der Waals surface area contributed by atoms with E-state index in [1.807, 2.05) is 20.8 Å². The molecular formula is C16H25N3O4S. The SMILES string of the molecule is CC(C)(C)OC(=O)NC1CCC(CNS(=O)(=O)c2cccnc2)C1. The molecule has 134 valence electrons. The summed E-state index contributed by atoms with van der Waals surface area (Å²) in [7, 11) is -3.54. The van der Waals surface area contributed by atoms with Crippen molar-refractivity contribution < 1.29 is 17.9 Å². The number of sulfonamides is 1. The van der Waals surface area contributed by atoms with E-state index in [9.17, 15) is 13.2 Å². The summed E-state index contributed by atoms with van der Waals surface area (Å²) in [5, 5.41) is 2.85. The van der Waals surface area contributed by atoms with E-state index in [1.165, 1.54) is 18.5 Å². The van der Waals surface area contributed by atoms with Gasteiger partial charge in [-0.3, -0.25) is 4.98 Å². The van der Waals surface area contributed by atoms with Gasteiger partial charge in [0.1, 0.15) is 10.5 Å². The van der Waals surface area contributed by atoms with E-state index >= 15 is 0 Å². The highest BCUT2D eigenvalue weighted by Gasteiger charge is 2.28. The molecular weight excluding hydrogens is 330 g/mol. The molecule has 1 aliphatic rings. The Balaban J connectivity index is 1.79. The highest BCUT2D eigenvalue weighted by atomic mass is 32.2. The maximum Gasteiger partial charge on any atom is 0.407 e. The average Bonchev–Trinajstić information content (AvgIpc) is 2.92. The normalized spacial score (nSPS) is 21.5. The Kier molecular flexibility index (Phi) is 5.82. The van der Waals surface area contributed by atoms with Crippen molar-refractivity contribution in [3.8, 4) is 0 Å². The average molecular weight is 355 g/mol. The van der Waals surface area contributed by atoms with Crippen molar-refractivity contribution in [2.45, 2.75) is 56.6 Å². The van der Waals surface area contributed by atoms with Crippen molar-refractivity contribution in [1.82, 2.24) is 15.0 Å². The molecule has 2 atom stereocenters. The molecule has 0 aromatic carbocycles. The standard InChI is InChI=1S/C16H25N3O4S/c1-16(2,3)23-15(20)19-13-7-6-12(9-13)10-18-24(21,22)14-5-4-8-17-11-14/h4-5,8,11-13,18H,6-7,9-10H2,1-3H3,(H,19,20). The van der Waals surface area contributed by atoms with E-state index in [1.54, 1.807) is 6.07 Å². The second kappa shape index (κ2) is 7.48. The molecule has 2 unspecified atom stereocenters. The van der Waals surface area contributed by atoms with Crippen LogP contribution < -0.4 is 10.0 Å². The highest BCUT2D eigenvalue weighted by molar-refractivity contribution is 7.89. The van der Waals surface area contributed by atoms with Gasteiger partial charge in [0.25, 0.3) is 0 Å². The smallest absolute Gasteiger partial charge is 0.407 e. The van der Waals surface area contributed by atoms with Crippen LogP contribution in [0.1, 0.15) is 40.0 Å². The Labute approximate surface area is 143 Å². The number of hydrogen-bond acceptors (Lipinski definition) is 5. The Hall–Kier alpha value is -1.67. The number of nitrogens with zero attached hydrogens (tertiary/aromatic N) is 1. The molecule has 2 N–H and O–H groups in total. The van der Waals surface area contributed by atoms with Crippen molar-refractivity contribution in [2.24, 2.45) is 5.92 Å². The van der Waals surface area contributed by atoms with Crippen LogP contribution in [0.4, 0.5) is 4.79 Å². The van der Waals surface area contributed by atoms with Gasteiger partial charge in [-0.15, -0.1) is 0 Å². The number of nitrogens with one attached hydrogen (secondary N) is 2. The predicted molar refractivity (Wildman–Crippen MR) is 89.9 cm³/mol. The lowest BCUT2D eigenvalue weighted by Gasteiger charge is -2.21.